The van der Waals surface area contributed by atoms with Crippen molar-refractivity contribution in [2.45, 2.75) is 45.5 Å². The molecule has 3 rings (SSSR count). The highest BCUT2D eigenvalue weighted by molar-refractivity contribution is 6.63. The number of anilines is 1. The van der Waals surface area contributed by atoms with Gasteiger partial charge in [-0.25, -0.2) is 4.79 Å². The van der Waals surface area contributed by atoms with Crippen LogP contribution in [0.1, 0.15) is 38.8 Å². The molecular formula is C21H23BN2O4. The van der Waals surface area contributed by atoms with E-state index in [9.17, 15) is 10.1 Å². The number of amides is 1. The van der Waals surface area contributed by atoms with Crippen molar-refractivity contribution in [2.24, 2.45) is 0 Å². The SMILES string of the molecule is CC1(C)OB(c2cccc(NC(=O)OCc3ccccc3)c2C#N)OC1(C)C. The van der Waals surface area contributed by atoms with Crippen molar-refractivity contribution in [1.29, 1.82) is 5.26 Å². The molecule has 0 atom stereocenters. The molecule has 0 radical (unpaired) electrons. The fourth-order valence-corrected chi connectivity index (χ4v) is 2.83. The van der Waals surface area contributed by atoms with Crippen LogP contribution in [-0.2, 0) is 20.7 Å². The van der Waals surface area contributed by atoms with Gasteiger partial charge in [-0.3, -0.25) is 5.32 Å². The van der Waals surface area contributed by atoms with Crippen LogP contribution < -0.4 is 10.8 Å². The van der Waals surface area contributed by atoms with E-state index in [0.717, 1.165) is 5.56 Å². The fourth-order valence-electron chi connectivity index (χ4n) is 2.83. The molecule has 0 unspecified atom stereocenters. The maximum absolute atomic E-state index is 12.2. The third kappa shape index (κ3) is 4.03. The minimum absolute atomic E-state index is 0.144. The molecule has 6 nitrogen and oxygen atoms in total. The van der Waals surface area contributed by atoms with Gasteiger partial charge in [0.2, 0.25) is 0 Å². The van der Waals surface area contributed by atoms with Crippen molar-refractivity contribution in [3.8, 4) is 6.07 Å². The smallest absolute Gasteiger partial charge is 0.444 e. The molecule has 1 N–H and O–H groups in total. The van der Waals surface area contributed by atoms with Crippen LogP contribution >= 0.6 is 0 Å². The van der Waals surface area contributed by atoms with Gasteiger partial charge in [0.1, 0.15) is 12.7 Å². The van der Waals surface area contributed by atoms with E-state index < -0.39 is 24.4 Å². The lowest BCUT2D eigenvalue weighted by Crippen LogP contribution is -2.41. The second-order valence-electron chi connectivity index (χ2n) is 7.66. The Morgan fingerprint density at radius 3 is 2.32 bits per heavy atom. The van der Waals surface area contributed by atoms with Gasteiger partial charge in [0, 0.05) is 5.46 Å². The van der Waals surface area contributed by atoms with Crippen LogP contribution in [0.3, 0.4) is 0 Å². The Labute approximate surface area is 165 Å². The zero-order valence-electron chi connectivity index (χ0n) is 16.5. The molecule has 1 amide bonds. The van der Waals surface area contributed by atoms with E-state index in [1.54, 1.807) is 18.2 Å². The maximum atomic E-state index is 12.2. The average molecular weight is 378 g/mol. The predicted molar refractivity (Wildman–Crippen MR) is 107 cm³/mol. The van der Waals surface area contributed by atoms with E-state index in [1.807, 2.05) is 58.0 Å². The van der Waals surface area contributed by atoms with E-state index in [4.69, 9.17) is 14.0 Å². The summed E-state index contributed by atoms with van der Waals surface area (Å²) in [5, 5.41) is 12.3. The standard InChI is InChI=1S/C21H23BN2O4/c1-20(2)21(3,4)28-22(27-20)17-11-8-12-18(16(17)13-23)24-19(25)26-14-15-9-6-5-7-10-15/h5-12H,14H2,1-4H3,(H,24,25). The van der Waals surface area contributed by atoms with Crippen molar-refractivity contribution < 1.29 is 18.8 Å². The fraction of sp³-hybridized carbons (Fsp3) is 0.333. The number of ether oxygens (including phenoxy) is 1. The van der Waals surface area contributed by atoms with Gasteiger partial charge in [0.15, 0.2) is 0 Å². The van der Waals surface area contributed by atoms with Gasteiger partial charge in [-0.1, -0.05) is 42.5 Å². The van der Waals surface area contributed by atoms with Crippen molar-refractivity contribution >= 4 is 24.4 Å². The number of nitriles is 1. The monoisotopic (exact) mass is 378 g/mol. The number of carbonyl (C=O) groups excluding carboxylic acids is 1. The lowest BCUT2D eigenvalue weighted by Gasteiger charge is -2.32. The van der Waals surface area contributed by atoms with Gasteiger partial charge < -0.3 is 14.0 Å². The maximum Gasteiger partial charge on any atom is 0.496 e. The summed E-state index contributed by atoms with van der Waals surface area (Å²) in [6, 6.07) is 16.7. The first-order chi connectivity index (χ1) is 13.2. The molecule has 1 heterocycles. The van der Waals surface area contributed by atoms with Gasteiger partial charge in [-0.2, -0.15) is 5.26 Å². The summed E-state index contributed by atoms with van der Waals surface area (Å²) in [5.41, 5.74) is 1.04. The summed E-state index contributed by atoms with van der Waals surface area (Å²) in [5.74, 6) is 0. The van der Waals surface area contributed by atoms with Crippen LogP contribution in [-0.4, -0.2) is 24.4 Å². The summed E-state index contributed by atoms with van der Waals surface area (Å²) >= 11 is 0. The molecule has 2 aromatic rings. The van der Waals surface area contributed by atoms with Crippen molar-refractivity contribution in [3.05, 3.63) is 59.7 Å². The minimum atomic E-state index is -0.693. The number of rotatable bonds is 4. The van der Waals surface area contributed by atoms with Gasteiger partial charge in [0.25, 0.3) is 0 Å². The van der Waals surface area contributed by atoms with E-state index in [-0.39, 0.29) is 12.2 Å². The number of carbonyl (C=O) groups is 1. The second-order valence-corrected chi connectivity index (χ2v) is 7.66. The number of hydrogen-bond acceptors (Lipinski definition) is 5. The van der Waals surface area contributed by atoms with Crippen LogP contribution in [0.5, 0.6) is 0 Å². The Kier molecular flexibility index (Phi) is 5.46. The molecule has 144 valence electrons. The summed E-state index contributed by atoms with van der Waals surface area (Å²) in [6.07, 6.45) is -0.633. The van der Waals surface area contributed by atoms with E-state index in [0.29, 0.717) is 11.2 Å². The number of hydrogen-bond donors (Lipinski definition) is 1. The van der Waals surface area contributed by atoms with Crippen molar-refractivity contribution in [1.82, 2.24) is 0 Å². The minimum Gasteiger partial charge on any atom is -0.444 e. The van der Waals surface area contributed by atoms with Crippen molar-refractivity contribution in [3.63, 3.8) is 0 Å². The highest BCUT2D eigenvalue weighted by atomic mass is 16.7. The molecule has 0 saturated carbocycles. The van der Waals surface area contributed by atoms with Crippen LogP contribution in [0.25, 0.3) is 0 Å². The normalized spacial score (nSPS) is 17.0. The molecule has 2 aromatic carbocycles. The summed E-state index contributed by atoms with van der Waals surface area (Å²) < 4.78 is 17.3. The summed E-state index contributed by atoms with van der Waals surface area (Å²) in [6.45, 7) is 7.93. The third-order valence-electron chi connectivity index (χ3n) is 5.17. The quantitative estimate of drug-likeness (QED) is 0.823. The number of benzene rings is 2. The molecular weight excluding hydrogens is 355 g/mol. The van der Waals surface area contributed by atoms with Gasteiger partial charge in [-0.15, -0.1) is 0 Å². The first kappa shape index (κ1) is 19.9. The zero-order valence-corrected chi connectivity index (χ0v) is 16.5. The molecule has 1 fully saturated rings. The predicted octanol–water partition coefficient (Wildman–Crippen LogP) is 3.61. The molecule has 0 bridgehead atoms. The van der Waals surface area contributed by atoms with Crippen LogP contribution in [0.4, 0.5) is 10.5 Å². The second kappa shape index (κ2) is 7.66. The molecule has 1 aliphatic rings. The summed E-state index contributed by atoms with van der Waals surface area (Å²) in [4.78, 5) is 12.2. The molecule has 7 heteroatoms. The molecule has 1 saturated heterocycles. The molecule has 28 heavy (non-hydrogen) atoms. The van der Waals surface area contributed by atoms with Gasteiger partial charge >= 0.3 is 13.2 Å². The molecule has 0 spiro atoms. The van der Waals surface area contributed by atoms with E-state index in [2.05, 4.69) is 11.4 Å². The zero-order chi connectivity index (χ0) is 20.4. The molecule has 0 aromatic heterocycles. The Morgan fingerprint density at radius 1 is 1.07 bits per heavy atom. The van der Waals surface area contributed by atoms with E-state index in [1.165, 1.54) is 0 Å². The van der Waals surface area contributed by atoms with Gasteiger partial charge in [-0.05, 0) is 39.3 Å². The number of nitrogens with zero attached hydrogens (tertiary/aromatic N) is 1. The lowest BCUT2D eigenvalue weighted by molar-refractivity contribution is 0.00578. The summed E-state index contributed by atoms with van der Waals surface area (Å²) in [7, 11) is -0.693. The first-order valence-corrected chi connectivity index (χ1v) is 9.10. The highest BCUT2D eigenvalue weighted by Gasteiger charge is 2.52. The molecule has 1 aliphatic heterocycles. The van der Waals surface area contributed by atoms with Gasteiger partial charge in [0.05, 0.1) is 22.5 Å². The average Bonchev–Trinajstić information content (AvgIpc) is 2.88. The first-order valence-electron chi connectivity index (χ1n) is 9.10. The third-order valence-corrected chi connectivity index (χ3v) is 5.17. The lowest BCUT2D eigenvalue weighted by atomic mass is 9.75. The Morgan fingerprint density at radius 2 is 1.71 bits per heavy atom. The Hall–Kier alpha value is -2.82. The highest BCUT2D eigenvalue weighted by Crippen LogP contribution is 2.37. The Bertz CT molecular complexity index is 890. The van der Waals surface area contributed by atoms with Crippen LogP contribution in [0.15, 0.2) is 48.5 Å². The Balaban J connectivity index is 1.75. The topological polar surface area (TPSA) is 80.6 Å². The molecule has 0 aliphatic carbocycles. The van der Waals surface area contributed by atoms with E-state index >= 15 is 0 Å². The number of nitrogens with one attached hydrogen (secondary N) is 1. The van der Waals surface area contributed by atoms with Crippen LogP contribution in [0.2, 0.25) is 0 Å². The largest absolute Gasteiger partial charge is 0.496 e. The van der Waals surface area contributed by atoms with Crippen LogP contribution in [0, 0.1) is 11.3 Å². The van der Waals surface area contributed by atoms with Crippen molar-refractivity contribution in [2.75, 3.05) is 5.32 Å².